The van der Waals surface area contributed by atoms with Gasteiger partial charge in [0.25, 0.3) is 25.8 Å². The van der Waals surface area contributed by atoms with Crippen LogP contribution in [0.2, 0.25) is 5.02 Å². The zero-order chi connectivity index (χ0) is 80.6. The number of nitrogens with zero attached hydrogens (tertiary/aromatic N) is 7. The molecule has 1 aliphatic carbocycles. The summed E-state index contributed by atoms with van der Waals surface area (Å²) in [5, 5.41) is 20.5. The number of unbranched alkanes of at least 4 members (excludes halogenated alkanes) is 1. The van der Waals surface area contributed by atoms with Crippen molar-refractivity contribution in [1.29, 1.82) is 0 Å². The van der Waals surface area contributed by atoms with E-state index in [0.717, 1.165) is 129 Å². The lowest BCUT2D eigenvalue weighted by molar-refractivity contribution is -0.147. The van der Waals surface area contributed by atoms with E-state index in [1.807, 2.05) is 116 Å². The number of nitrogens with one attached hydrogen (secondary N) is 4. The Morgan fingerprint density at radius 3 is 2.12 bits per heavy atom. The number of thioether (sulfide) groups is 1. The Balaban J connectivity index is 0.588. The molecule has 0 saturated carbocycles. The fraction of sp³-hybridized carbons (Fsp3) is 0.518. The van der Waals surface area contributed by atoms with Gasteiger partial charge < -0.3 is 45.4 Å². The van der Waals surface area contributed by atoms with E-state index in [0.29, 0.717) is 88.5 Å². The molecular formula is C83H105ClF3N11O11S4. The zero-order valence-corrected chi connectivity index (χ0v) is 69.1. The summed E-state index contributed by atoms with van der Waals surface area (Å²) < 4.78 is 105. The minimum absolute atomic E-state index is 0.00998. The molecule has 5 aliphatic heterocycles. The maximum Gasteiger partial charge on any atom is 0.501 e. The maximum atomic E-state index is 14.4. The van der Waals surface area contributed by atoms with Crippen molar-refractivity contribution in [2.45, 2.75) is 163 Å². The second kappa shape index (κ2) is 36.4. The van der Waals surface area contributed by atoms with Crippen molar-refractivity contribution < 1.29 is 63.8 Å². The van der Waals surface area contributed by atoms with E-state index in [2.05, 4.69) is 59.6 Å². The van der Waals surface area contributed by atoms with Gasteiger partial charge in [-0.2, -0.15) is 13.2 Å². The minimum Gasteiger partial charge on any atom is -0.391 e. The molecular weight excluding hydrogens is 1550 g/mol. The number of aliphatic hydroxyl groups excluding tert-OH is 1. The number of thiazole rings is 1. The number of hydrogen-bond donors (Lipinski definition) is 5. The number of aryl methyl sites for hydroxylation is 1. The van der Waals surface area contributed by atoms with Crippen molar-refractivity contribution in [1.82, 2.24) is 44.8 Å². The van der Waals surface area contributed by atoms with E-state index < -0.39 is 82.3 Å². The highest BCUT2D eigenvalue weighted by atomic mass is 35.5. The van der Waals surface area contributed by atoms with Gasteiger partial charge in [-0.25, -0.2) is 26.5 Å². The summed E-state index contributed by atoms with van der Waals surface area (Å²) in [6.07, 6.45) is 5.88. The zero-order valence-electron chi connectivity index (χ0n) is 65.1. The third-order valence-corrected chi connectivity index (χ3v) is 28.3. The average Bonchev–Trinajstić information content (AvgIpc) is 1.53. The average molecular weight is 1650 g/mol. The molecule has 12 rings (SSSR count). The molecule has 0 radical (unpaired) electrons. The summed E-state index contributed by atoms with van der Waals surface area (Å²) in [7, 11) is -11.0. The Morgan fingerprint density at radius 2 is 1.46 bits per heavy atom. The van der Waals surface area contributed by atoms with Crippen molar-refractivity contribution in [3.63, 3.8) is 0 Å². The minimum atomic E-state index is -6.11. The molecule has 1 aromatic heterocycles. The second-order valence-corrected chi connectivity index (χ2v) is 38.7. The Morgan fingerprint density at radius 1 is 0.788 bits per heavy atom. The van der Waals surface area contributed by atoms with Crippen molar-refractivity contribution in [2.24, 2.45) is 16.2 Å². The number of aromatic nitrogens is 1. The molecule has 113 heavy (non-hydrogen) atoms. The second-order valence-electron chi connectivity index (χ2n) is 32.8. The van der Waals surface area contributed by atoms with Gasteiger partial charge >= 0.3 is 5.51 Å². The van der Waals surface area contributed by atoms with Gasteiger partial charge in [0, 0.05) is 136 Å². The number of halogens is 4. The molecule has 22 nitrogen and oxygen atoms in total. The Bertz CT molecular complexity index is 4600. The van der Waals surface area contributed by atoms with E-state index in [1.54, 1.807) is 23.5 Å². The quantitative estimate of drug-likeness (QED) is 0.0216. The van der Waals surface area contributed by atoms with Crippen LogP contribution in [0.15, 0.2) is 147 Å². The summed E-state index contributed by atoms with van der Waals surface area (Å²) in [4.78, 5) is 86.0. The van der Waals surface area contributed by atoms with E-state index >= 15 is 0 Å². The first-order valence-corrected chi connectivity index (χ1v) is 44.3. The number of piperazine rings is 1. The van der Waals surface area contributed by atoms with Crippen molar-refractivity contribution in [3.05, 3.63) is 160 Å². The lowest BCUT2D eigenvalue weighted by Crippen LogP contribution is -2.62. The SMILES string of the molecule is Cc1ncsc1-c1ccc([C@H](C)NC(=O)[C@@H]2C[C@@H](O)CN2C(=O)[C@@H](NC(=O)CCCCC(=O)N2CC3(CCN(CC4(C)CCC(c5ccc(Cl)cc5)=C(CN5CCN(c6ccc(C(=O)NS(=O)(=O)c7ccc(N[C@H](CCN8CCOCC8)CSc8ccccc8)c(S(=O)(=O)C(F)(F)F)c7)cc6)CC5)C4)CC3)C2)C(C)(C)C)cc1. The number of piperidine rings is 1. The fourth-order valence-electron chi connectivity index (χ4n) is 16.5. The monoisotopic (exact) mass is 1650 g/mol. The van der Waals surface area contributed by atoms with Gasteiger partial charge in [0.2, 0.25) is 23.6 Å². The molecule has 6 atom stereocenters. The van der Waals surface area contributed by atoms with Gasteiger partial charge in [-0.1, -0.05) is 99.5 Å². The highest BCUT2D eigenvalue weighted by molar-refractivity contribution is 7.99. The molecule has 6 aliphatic rings. The number of sulfone groups is 1. The summed E-state index contributed by atoms with van der Waals surface area (Å²) >= 11 is 9.42. The summed E-state index contributed by atoms with van der Waals surface area (Å²) in [6.45, 7) is 22.6. The molecule has 0 bridgehead atoms. The number of ether oxygens (including phenoxy) is 1. The van der Waals surface area contributed by atoms with Gasteiger partial charge in [-0.05, 0) is 178 Å². The standard InChI is InChI=1S/C83H105ClF3N11O11S4/c1-56(58-16-18-60(19-17-58)75-57(2)88-55-111-75)89-78(103)71-46-66(99)50-98(71)79(104)76(80(3,4)5)91-73(100)14-10-11-15-74(101)97-53-82(54-97)33-36-95(37-34-82)52-81(6)32-30-69(59-20-24-63(84)25-21-59)62(48-81)49-94-38-40-96(41-39-94)65-26-22-61(23-27-65)77(102)92-113(107,108)68-28-29-70(72(47-68)112(105,106)83(85,86)87)90-64(31-35-93-42-44-109-45-43-93)51-110-67-12-8-7-9-13-67/h7-9,12-13,16-29,47,55-56,64,66,71,76,90,99H,10-11,14-15,30-46,48-54H2,1-6H3,(H,89,103)(H,91,100)(H,92,102)/t56-,64+,66+,71-,76+,81?/m0/s1. The molecule has 1 spiro atoms. The number of likely N-dealkylation sites (tertiary alicyclic amines) is 3. The molecule has 6 aromatic rings. The van der Waals surface area contributed by atoms with Crippen LogP contribution in [0, 0.1) is 23.2 Å². The van der Waals surface area contributed by atoms with Crippen molar-refractivity contribution in [3.8, 4) is 10.4 Å². The van der Waals surface area contributed by atoms with Crippen LogP contribution in [0.5, 0.6) is 0 Å². The van der Waals surface area contributed by atoms with Crippen LogP contribution in [0.3, 0.4) is 0 Å². The number of allylic oxidation sites excluding steroid dienone is 1. The van der Waals surface area contributed by atoms with Crippen molar-refractivity contribution >= 4 is 101 Å². The van der Waals surface area contributed by atoms with Crippen LogP contribution in [-0.2, 0) is 43.8 Å². The lowest BCUT2D eigenvalue weighted by atomic mass is 9.69. The number of carbonyl (C=O) groups is 5. The third kappa shape index (κ3) is 21.4. The predicted octanol–water partition coefficient (Wildman–Crippen LogP) is 12.1. The number of amides is 5. The predicted molar refractivity (Wildman–Crippen MR) is 436 cm³/mol. The van der Waals surface area contributed by atoms with Gasteiger partial charge in [-0.3, -0.25) is 33.8 Å². The molecule has 6 heterocycles. The van der Waals surface area contributed by atoms with Crippen LogP contribution >= 0.6 is 34.7 Å². The van der Waals surface area contributed by atoms with Crippen LogP contribution in [0.1, 0.15) is 138 Å². The molecule has 5 aromatic carbocycles. The highest BCUT2D eigenvalue weighted by Gasteiger charge is 2.50. The molecule has 5 saturated heterocycles. The number of benzene rings is 5. The first kappa shape index (κ1) is 84.9. The number of β-amino-alcohol motifs (C(OH)–C–C–N with tert-alkyl or cyclic N) is 1. The number of morpholine rings is 1. The van der Waals surface area contributed by atoms with Crippen LogP contribution < -0.4 is 25.6 Å². The molecule has 610 valence electrons. The topological polar surface area (TPSA) is 264 Å². The Kier molecular flexibility index (Phi) is 27.3. The van der Waals surface area contributed by atoms with Gasteiger partial charge in [0.05, 0.1) is 52.0 Å². The number of aliphatic hydroxyl groups is 1. The van der Waals surface area contributed by atoms with Crippen molar-refractivity contribution in [2.75, 3.05) is 121 Å². The number of anilines is 2. The molecule has 30 heteroatoms. The summed E-state index contributed by atoms with van der Waals surface area (Å²) in [5.41, 5.74) is 2.54. The Labute approximate surface area is 675 Å². The summed E-state index contributed by atoms with van der Waals surface area (Å²) in [6, 6.07) is 31.4. The Hall–Kier alpha value is -7.45. The largest absolute Gasteiger partial charge is 0.501 e. The number of alkyl halides is 3. The number of rotatable bonds is 29. The first-order valence-electron chi connectivity index (χ1n) is 39.1. The molecule has 5 N–H and O–H groups in total. The third-order valence-electron chi connectivity index (χ3n) is 23.1. The molecule has 5 amide bonds. The number of carbonyl (C=O) groups excluding carboxylic acids is 5. The van der Waals surface area contributed by atoms with Gasteiger partial charge in [0.1, 0.15) is 17.0 Å². The fourth-order valence-corrected chi connectivity index (χ4v) is 20.4. The maximum absolute atomic E-state index is 14.4. The van der Waals surface area contributed by atoms with Gasteiger partial charge in [-0.15, -0.1) is 23.1 Å². The van der Waals surface area contributed by atoms with E-state index in [-0.39, 0.29) is 59.5 Å². The lowest BCUT2D eigenvalue weighted by Gasteiger charge is -2.55. The van der Waals surface area contributed by atoms with E-state index in [9.17, 15) is 59.1 Å². The number of sulfonamides is 1. The van der Waals surface area contributed by atoms with E-state index in [1.165, 1.54) is 45.5 Å². The smallest absolute Gasteiger partial charge is 0.391 e. The normalized spacial score (nSPS) is 21.0. The van der Waals surface area contributed by atoms with Gasteiger partial charge in [0.15, 0.2) is 0 Å². The first-order chi connectivity index (χ1) is 53.7. The van der Waals surface area contributed by atoms with E-state index in [4.69, 9.17) is 16.3 Å². The summed E-state index contributed by atoms with van der Waals surface area (Å²) in [5.74, 6) is -1.75. The van der Waals surface area contributed by atoms with Crippen LogP contribution in [0.25, 0.3) is 16.0 Å². The van der Waals surface area contributed by atoms with Crippen LogP contribution in [0.4, 0.5) is 24.5 Å². The highest BCUT2D eigenvalue weighted by Crippen LogP contribution is 2.47. The molecule has 1 unspecified atom stereocenters. The molecule has 5 fully saturated rings. The van der Waals surface area contributed by atoms with Crippen LogP contribution in [-0.4, -0.2) is 221 Å². The number of hydrogen-bond acceptors (Lipinski definition) is 19.